The highest BCUT2D eigenvalue weighted by molar-refractivity contribution is 7.47. The van der Waals surface area contributed by atoms with Crippen molar-refractivity contribution in [3.05, 3.63) is 48.6 Å². The maximum absolute atomic E-state index is 12.7. The Bertz CT molecular complexity index is 1300. The SMILES string of the molecule is CCCCC/C=C\C[C@H](O)/C=C/C=C/C=C\[C@H](O)CCCC(=O)O[C@H](COC(=O)CCCCCCCCCCCCC(C)CC)COP(=O)(O)OC[C@@H](O)COP(=O)(O)O. The highest BCUT2D eigenvalue weighted by Crippen LogP contribution is 2.43. The third-order valence-electron chi connectivity index (χ3n) is 9.44. The van der Waals surface area contributed by atoms with Gasteiger partial charge < -0.3 is 39.5 Å². The molecule has 0 saturated heterocycles. The van der Waals surface area contributed by atoms with Gasteiger partial charge in [-0.3, -0.25) is 23.2 Å². The average molecular weight is 897 g/mol. The van der Waals surface area contributed by atoms with Gasteiger partial charge in [-0.1, -0.05) is 153 Å². The van der Waals surface area contributed by atoms with Gasteiger partial charge in [-0.15, -0.1) is 0 Å². The topological polar surface area (TPSA) is 236 Å². The molecule has 17 heteroatoms. The zero-order valence-electron chi connectivity index (χ0n) is 36.4. The second kappa shape index (κ2) is 37.5. The largest absolute Gasteiger partial charge is 0.472 e. The normalized spacial score (nSPS) is 16.1. The van der Waals surface area contributed by atoms with Gasteiger partial charge in [0.2, 0.25) is 0 Å². The molecule has 0 heterocycles. The van der Waals surface area contributed by atoms with E-state index in [1.54, 1.807) is 36.5 Å². The zero-order chi connectivity index (χ0) is 44.9. The Kier molecular flexibility index (Phi) is 36.3. The zero-order valence-corrected chi connectivity index (χ0v) is 38.2. The molecular formula is C43H78O15P2. The lowest BCUT2D eigenvalue weighted by Gasteiger charge is -2.20. The van der Waals surface area contributed by atoms with Crippen LogP contribution in [0, 0.1) is 5.92 Å². The van der Waals surface area contributed by atoms with E-state index < -0.39 is 78.4 Å². The Morgan fingerprint density at radius 3 is 1.78 bits per heavy atom. The Labute approximate surface area is 359 Å². The molecule has 0 rings (SSSR count). The van der Waals surface area contributed by atoms with Crippen LogP contribution in [0.4, 0.5) is 0 Å². The van der Waals surface area contributed by atoms with Crippen LogP contribution in [-0.4, -0.2) is 92.8 Å². The molecule has 0 aliphatic heterocycles. The number of aliphatic hydroxyl groups is 3. The summed E-state index contributed by atoms with van der Waals surface area (Å²) in [4.78, 5) is 52.7. The number of phosphoric acid groups is 2. The number of unbranched alkanes of at least 4 members (excludes halogenated alkanes) is 12. The van der Waals surface area contributed by atoms with Crippen LogP contribution in [0.5, 0.6) is 0 Å². The van der Waals surface area contributed by atoms with Crippen molar-refractivity contribution in [1.82, 2.24) is 0 Å². The van der Waals surface area contributed by atoms with Gasteiger partial charge in [0, 0.05) is 12.8 Å². The Morgan fingerprint density at radius 1 is 0.600 bits per heavy atom. The van der Waals surface area contributed by atoms with Crippen molar-refractivity contribution in [2.24, 2.45) is 5.92 Å². The van der Waals surface area contributed by atoms with Crippen molar-refractivity contribution in [3.63, 3.8) is 0 Å². The molecule has 0 aromatic carbocycles. The number of hydrogen-bond acceptors (Lipinski definition) is 12. The van der Waals surface area contributed by atoms with E-state index in [1.165, 1.54) is 57.8 Å². The van der Waals surface area contributed by atoms with E-state index in [9.17, 15) is 38.9 Å². The van der Waals surface area contributed by atoms with Crippen LogP contribution in [0.1, 0.15) is 156 Å². The summed E-state index contributed by atoms with van der Waals surface area (Å²) in [5, 5.41) is 30.1. The maximum Gasteiger partial charge on any atom is 0.472 e. The molecule has 350 valence electrons. The number of rotatable bonds is 40. The van der Waals surface area contributed by atoms with Crippen molar-refractivity contribution in [2.45, 2.75) is 180 Å². The van der Waals surface area contributed by atoms with Crippen molar-refractivity contribution in [1.29, 1.82) is 0 Å². The predicted molar refractivity (Wildman–Crippen MR) is 233 cm³/mol. The van der Waals surface area contributed by atoms with Gasteiger partial charge in [0.25, 0.3) is 0 Å². The summed E-state index contributed by atoms with van der Waals surface area (Å²) in [6.07, 6.45) is 28.8. The molecule has 6 atom stereocenters. The highest BCUT2D eigenvalue weighted by Gasteiger charge is 2.28. The quantitative estimate of drug-likeness (QED) is 0.0111. The number of hydrogen-bond donors (Lipinski definition) is 6. The molecule has 60 heavy (non-hydrogen) atoms. The van der Waals surface area contributed by atoms with Crippen LogP contribution in [-0.2, 0) is 41.8 Å². The minimum Gasteiger partial charge on any atom is -0.462 e. The van der Waals surface area contributed by atoms with Gasteiger partial charge in [0.1, 0.15) is 12.7 Å². The number of esters is 2. The Morgan fingerprint density at radius 2 is 1.17 bits per heavy atom. The van der Waals surface area contributed by atoms with Gasteiger partial charge in [0.15, 0.2) is 6.10 Å². The first-order chi connectivity index (χ1) is 28.6. The Hall–Kier alpha value is -2.00. The lowest BCUT2D eigenvalue weighted by Crippen LogP contribution is -2.30. The van der Waals surface area contributed by atoms with Crippen molar-refractivity contribution in [3.8, 4) is 0 Å². The fourth-order valence-corrected chi connectivity index (χ4v) is 6.79. The first kappa shape index (κ1) is 58.0. The van der Waals surface area contributed by atoms with E-state index in [-0.39, 0.29) is 25.7 Å². The first-order valence-corrected chi connectivity index (χ1v) is 25.0. The third-order valence-corrected chi connectivity index (χ3v) is 10.9. The molecule has 15 nitrogen and oxygen atoms in total. The van der Waals surface area contributed by atoms with E-state index in [4.69, 9.17) is 23.8 Å². The molecule has 0 radical (unpaired) electrons. The fraction of sp³-hybridized carbons (Fsp3) is 0.767. The molecular weight excluding hydrogens is 818 g/mol. The molecule has 2 unspecified atom stereocenters. The van der Waals surface area contributed by atoms with Crippen molar-refractivity contribution < 1.29 is 71.8 Å². The lowest BCUT2D eigenvalue weighted by atomic mass is 9.99. The smallest absolute Gasteiger partial charge is 0.462 e. The Balaban J connectivity index is 4.79. The number of carbonyl (C=O) groups is 2. The number of carbonyl (C=O) groups excluding carboxylic acids is 2. The minimum atomic E-state index is -4.89. The average Bonchev–Trinajstić information content (AvgIpc) is 3.19. The number of aliphatic hydroxyl groups excluding tert-OH is 3. The van der Waals surface area contributed by atoms with Crippen molar-refractivity contribution >= 4 is 27.6 Å². The van der Waals surface area contributed by atoms with Crippen LogP contribution in [0.25, 0.3) is 0 Å². The predicted octanol–water partition coefficient (Wildman–Crippen LogP) is 8.86. The van der Waals surface area contributed by atoms with Crippen LogP contribution in [0.3, 0.4) is 0 Å². The van der Waals surface area contributed by atoms with E-state index >= 15 is 0 Å². The van der Waals surface area contributed by atoms with E-state index in [2.05, 4.69) is 35.9 Å². The molecule has 6 N–H and O–H groups in total. The monoisotopic (exact) mass is 896 g/mol. The van der Waals surface area contributed by atoms with Gasteiger partial charge in [-0.05, 0) is 44.4 Å². The molecule has 0 spiro atoms. The maximum atomic E-state index is 12.7. The fourth-order valence-electron chi connectivity index (χ4n) is 5.63. The molecule has 0 saturated carbocycles. The lowest BCUT2D eigenvalue weighted by molar-refractivity contribution is -0.161. The highest BCUT2D eigenvalue weighted by atomic mass is 31.2. The van der Waals surface area contributed by atoms with Crippen molar-refractivity contribution in [2.75, 3.05) is 26.4 Å². The third kappa shape index (κ3) is 40.1. The van der Waals surface area contributed by atoms with Crippen LogP contribution < -0.4 is 0 Å². The molecule has 0 aliphatic carbocycles. The number of allylic oxidation sites excluding steroid dienone is 5. The van der Waals surface area contributed by atoms with Crippen LogP contribution >= 0.6 is 15.6 Å². The summed E-state index contributed by atoms with van der Waals surface area (Å²) in [6, 6.07) is 0. The summed E-state index contributed by atoms with van der Waals surface area (Å²) in [6.45, 7) is 3.73. The standard InChI is InChI=1S/C43H78O15P2/c1-4-6-7-8-16-21-27-38(44)28-22-18-19-23-29-39(45)30-25-32-43(48)58-41(36-57-60(52,53)56-34-40(46)33-55-59(49,50)51)35-54-42(47)31-24-17-14-12-10-9-11-13-15-20-26-37(3)5-2/h16,18-19,21-23,28-29,37-41,44-46H,4-15,17,20,24-27,30-36H2,1-3H3,(H,52,53)(H2,49,50,51)/b19-18+,21-16-,28-22+,29-23-/t37?,38-,39-,40-,41+/m0/s1. The molecule has 0 aliphatic rings. The van der Waals surface area contributed by atoms with Gasteiger partial charge >= 0.3 is 27.6 Å². The van der Waals surface area contributed by atoms with Gasteiger partial charge in [-0.25, -0.2) is 9.13 Å². The summed E-state index contributed by atoms with van der Waals surface area (Å²) < 4.78 is 47.6. The molecule has 0 amide bonds. The molecule has 0 bridgehead atoms. The van der Waals surface area contributed by atoms with Crippen LogP contribution in [0.15, 0.2) is 48.6 Å². The second-order valence-electron chi connectivity index (χ2n) is 15.3. The van der Waals surface area contributed by atoms with Gasteiger partial charge in [-0.2, -0.15) is 0 Å². The van der Waals surface area contributed by atoms with E-state index in [0.717, 1.165) is 44.4 Å². The summed E-state index contributed by atoms with van der Waals surface area (Å²) >= 11 is 0. The summed E-state index contributed by atoms with van der Waals surface area (Å²) in [5.41, 5.74) is 0. The van der Waals surface area contributed by atoms with Gasteiger partial charge in [0.05, 0.1) is 32.0 Å². The molecule has 0 fully saturated rings. The number of phosphoric ester groups is 2. The van der Waals surface area contributed by atoms with Crippen LogP contribution in [0.2, 0.25) is 0 Å². The molecule has 0 aromatic heterocycles. The van der Waals surface area contributed by atoms with E-state index in [1.807, 2.05) is 6.08 Å². The van der Waals surface area contributed by atoms with E-state index in [0.29, 0.717) is 12.8 Å². The number of ether oxygens (including phenoxy) is 2. The minimum absolute atomic E-state index is 0.129. The second-order valence-corrected chi connectivity index (χ2v) is 18.0. The first-order valence-electron chi connectivity index (χ1n) is 21.9. The molecule has 0 aromatic rings. The summed E-state index contributed by atoms with van der Waals surface area (Å²) in [5.74, 6) is -0.463. The summed E-state index contributed by atoms with van der Waals surface area (Å²) in [7, 11) is -9.77.